The minimum atomic E-state index is -0.151. The number of amides is 1. The molecule has 5 nitrogen and oxygen atoms in total. The molecule has 0 spiro atoms. The predicted molar refractivity (Wildman–Crippen MR) is 142 cm³/mol. The summed E-state index contributed by atoms with van der Waals surface area (Å²) in [5.74, 6) is 1.92. The summed E-state index contributed by atoms with van der Waals surface area (Å²) in [5, 5.41) is 0. The molecule has 7 heteroatoms. The molecule has 0 saturated carbocycles. The van der Waals surface area contributed by atoms with E-state index >= 15 is 0 Å². The first kappa shape index (κ1) is 23.9. The molecule has 0 unspecified atom stereocenters. The molecule has 3 aromatic carbocycles. The lowest BCUT2D eigenvalue weighted by atomic mass is 10.1. The third kappa shape index (κ3) is 5.43. The van der Waals surface area contributed by atoms with Crippen molar-refractivity contribution in [3.63, 3.8) is 0 Å². The Bertz CT molecular complexity index is 1210. The van der Waals surface area contributed by atoms with Crippen LogP contribution in [0.25, 0.3) is 6.08 Å². The SMILES string of the molecule is COc1cccc(C=C2SC(=S)N(c3ccccc3)C2=O)c1OCCCOc1ccccc1C. The predicted octanol–water partition coefficient (Wildman–Crippen LogP) is 6.26. The first-order valence-corrected chi connectivity index (χ1v) is 12.1. The average Bonchev–Trinajstić information content (AvgIpc) is 3.13. The van der Waals surface area contributed by atoms with Crippen molar-refractivity contribution in [2.75, 3.05) is 25.2 Å². The van der Waals surface area contributed by atoms with Crippen LogP contribution in [0.15, 0.2) is 77.7 Å². The van der Waals surface area contributed by atoms with Gasteiger partial charge in [-0.1, -0.05) is 72.5 Å². The van der Waals surface area contributed by atoms with E-state index in [4.69, 9.17) is 26.4 Å². The minimum absolute atomic E-state index is 0.151. The summed E-state index contributed by atoms with van der Waals surface area (Å²) in [6, 6.07) is 22.9. The van der Waals surface area contributed by atoms with Crippen LogP contribution in [-0.2, 0) is 4.79 Å². The number of nitrogens with zero attached hydrogens (tertiary/aromatic N) is 1. The van der Waals surface area contributed by atoms with Gasteiger partial charge in [0, 0.05) is 12.0 Å². The zero-order valence-electron chi connectivity index (χ0n) is 19.0. The first-order chi connectivity index (χ1) is 16.6. The number of hydrogen-bond acceptors (Lipinski definition) is 6. The molecular weight excluding hydrogens is 466 g/mol. The molecule has 1 aliphatic rings. The molecular formula is C27H25NO4S2. The highest BCUT2D eigenvalue weighted by atomic mass is 32.2. The lowest BCUT2D eigenvalue weighted by Crippen LogP contribution is -2.27. The van der Waals surface area contributed by atoms with Gasteiger partial charge in [0.1, 0.15) is 5.75 Å². The summed E-state index contributed by atoms with van der Waals surface area (Å²) in [6.07, 6.45) is 2.51. The normalized spacial score (nSPS) is 14.5. The largest absolute Gasteiger partial charge is 0.493 e. The van der Waals surface area contributed by atoms with Crippen molar-refractivity contribution in [3.8, 4) is 17.2 Å². The van der Waals surface area contributed by atoms with Gasteiger partial charge in [-0.25, -0.2) is 0 Å². The highest BCUT2D eigenvalue weighted by Gasteiger charge is 2.33. The van der Waals surface area contributed by atoms with E-state index in [1.807, 2.05) is 85.8 Å². The summed E-state index contributed by atoms with van der Waals surface area (Å²) in [4.78, 5) is 15.2. The lowest BCUT2D eigenvalue weighted by molar-refractivity contribution is -0.113. The fourth-order valence-corrected chi connectivity index (χ4v) is 4.79. The molecule has 1 aliphatic heterocycles. The van der Waals surface area contributed by atoms with Gasteiger partial charge in [0.25, 0.3) is 5.91 Å². The number of aryl methyl sites for hydroxylation is 1. The molecule has 0 N–H and O–H groups in total. The minimum Gasteiger partial charge on any atom is -0.493 e. The summed E-state index contributed by atoms with van der Waals surface area (Å²) in [7, 11) is 1.60. The number of para-hydroxylation sites is 3. The molecule has 3 aromatic rings. The Balaban J connectivity index is 1.46. The number of ether oxygens (including phenoxy) is 3. The third-order valence-corrected chi connectivity index (χ3v) is 6.51. The van der Waals surface area contributed by atoms with Gasteiger partial charge in [-0.05, 0) is 42.8 Å². The van der Waals surface area contributed by atoms with Crippen molar-refractivity contribution >= 4 is 46.0 Å². The van der Waals surface area contributed by atoms with E-state index in [1.165, 1.54) is 11.8 Å². The Labute approximate surface area is 209 Å². The highest BCUT2D eigenvalue weighted by Crippen LogP contribution is 2.39. The van der Waals surface area contributed by atoms with E-state index in [0.717, 1.165) is 22.6 Å². The van der Waals surface area contributed by atoms with E-state index < -0.39 is 0 Å². The molecule has 0 bridgehead atoms. The quantitative estimate of drug-likeness (QED) is 0.200. The van der Waals surface area contributed by atoms with Crippen LogP contribution in [0, 0.1) is 6.92 Å². The van der Waals surface area contributed by atoms with Gasteiger partial charge >= 0.3 is 0 Å². The van der Waals surface area contributed by atoms with Crippen molar-refractivity contribution in [3.05, 3.63) is 88.8 Å². The molecule has 1 amide bonds. The van der Waals surface area contributed by atoms with Crippen molar-refractivity contribution in [2.24, 2.45) is 0 Å². The average molecular weight is 492 g/mol. The van der Waals surface area contributed by atoms with Crippen LogP contribution in [0.5, 0.6) is 17.2 Å². The van der Waals surface area contributed by atoms with Gasteiger partial charge < -0.3 is 14.2 Å². The Kier molecular flexibility index (Phi) is 7.87. The molecule has 1 fully saturated rings. The molecule has 0 radical (unpaired) electrons. The standard InChI is InChI=1S/C27H25NO4S2/c1-19-10-6-7-14-22(19)31-16-9-17-32-25-20(11-8-15-23(25)30-2)18-24-26(29)28(27(33)34-24)21-12-4-3-5-13-21/h3-8,10-15,18H,9,16-17H2,1-2H3. The van der Waals surface area contributed by atoms with Crippen molar-refractivity contribution in [1.29, 1.82) is 0 Å². The number of benzene rings is 3. The first-order valence-electron chi connectivity index (χ1n) is 10.9. The van der Waals surface area contributed by atoms with Gasteiger partial charge in [-0.2, -0.15) is 0 Å². The smallest absolute Gasteiger partial charge is 0.270 e. The summed E-state index contributed by atoms with van der Waals surface area (Å²) >= 11 is 6.76. The number of anilines is 1. The Morgan fingerprint density at radius 3 is 2.38 bits per heavy atom. The molecule has 1 heterocycles. The molecule has 34 heavy (non-hydrogen) atoms. The van der Waals surface area contributed by atoms with Crippen molar-refractivity contribution < 1.29 is 19.0 Å². The summed E-state index contributed by atoms with van der Waals surface area (Å²) < 4.78 is 18.0. The van der Waals surface area contributed by atoms with Crippen LogP contribution in [0.4, 0.5) is 5.69 Å². The second-order valence-electron chi connectivity index (χ2n) is 7.55. The maximum Gasteiger partial charge on any atom is 0.270 e. The van der Waals surface area contributed by atoms with Gasteiger partial charge in [0.05, 0.1) is 30.9 Å². The zero-order valence-corrected chi connectivity index (χ0v) is 20.7. The van der Waals surface area contributed by atoms with Crippen LogP contribution in [-0.4, -0.2) is 30.6 Å². The topological polar surface area (TPSA) is 48.0 Å². The van der Waals surface area contributed by atoms with Crippen LogP contribution >= 0.6 is 24.0 Å². The van der Waals surface area contributed by atoms with E-state index in [2.05, 4.69) is 0 Å². The monoisotopic (exact) mass is 491 g/mol. The van der Waals surface area contributed by atoms with Gasteiger partial charge in [-0.15, -0.1) is 0 Å². The highest BCUT2D eigenvalue weighted by molar-refractivity contribution is 8.27. The fourth-order valence-electron chi connectivity index (χ4n) is 3.50. The maximum absolute atomic E-state index is 13.1. The number of thiocarbonyl (C=S) groups is 1. The number of carbonyl (C=O) groups is 1. The second-order valence-corrected chi connectivity index (χ2v) is 9.22. The van der Waals surface area contributed by atoms with Gasteiger partial charge in [0.15, 0.2) is 15.8 Å². The Morgan fingerprint density at radius 1 is 0.912 bits per heavy atom. The van der Waals surface area contributed by atoms with E-state index in [0.29, 0.717) is 40.4 Å². The fraction of sp³-hybridized carbons (Fsp3) is 0.185. The van der Waals surface area contributed by atoms with Crippen LogP contribution in [0.1, 0.15) is 17.5 Å². The van der Waals surface area contributed by atoms with Crippen LogP contribution in [0.2, 0.25) is 0 Å². The van der Waals surface area contributed by atoms with Gasteiger partial charge in [0.2, 0.25) is 0 Å². The molecule has 0 aliphatic carbocycles. The second kappa shape index (κ2) is 11.2. The molecule has 1 saturated heterocycles. The Morgan fingerprint density at radius 2 is 1.62 bits per heavy atom. The van der Waals surface area contributed by atoms with E-state index in [1.54, 1.807) is 12.0 Å². The Hall–Kier alpha value is -3.29. The number of thioether (sulfide) groups is 1. The van der Waals surface area contributed by atoms with E-state index in [-0.39, 0.29) is 5.91 Å². The maximum atomic E-state index is 13.1. The molecule has 174 valence electrons. The number of hydrogen-bond donors (Lipinski definition) is 0. The molecule has 4 rings (SSSR count). The van der Waals surface area contributed by atoms with Crippen molar-refractivity contribution in [1.82, 2.24) is 0 Å². The van der Waals surface area contributed by atoms with E-state index in [9.17, 15) is 4.79 Å². The summed E-state index contributed by atoms with van der Waals surface area (Å²) in [5.41, 5.74) is 2.61. The number of rotatable bonds is 9. The molecule has 0 atom stereocenters. The van der Waals surface area contributed by atoms with Crippen molar-refractivity contribution in [2.45, 2.75) is 13.3 Å². The number of carbonyl (C=O) groups excluding carboxylic acids is 1. The number of methoxy groups -OCH3 is 1. The van der Waals surface area contributed by atoms with Crippen LogP contribution in [0.3, 0.4) is 0 Å². The van der Waals surface area contributed by atoms with Crippen LogP contribution < -0.4 is 19.1 Å². The third-order valence-electron chi connectivity index (χ3n) is 5.21. The zero-order chi connectivity index (χ0) is 23.9. The lowest BCUT2D eigenvalue weighted by Gasteiger charge is -2.15. The molecule has 0 aromatic heterocycles. The summed E-state index contributed by atoms with van der Waals surface area (Å²) in [6.45, 7) is 3.00. The van der Waals surface area contributed by atoms with Gasteiger partial charge in [-0.3, -0.25) is 9.69 Å².